The number of nitrogens with one attached hydrogen (secondary N) is 1. The van der Waals surface area contributed by atoms with Gasteiger partial charge in [-0.2, -0.15) is 0 Å². The molecule has 0 aliphatic carbocycles. The Morgan fingerprint density at radius 3 is 2.64 bits per heavy atom. The standard InChI is InChI=1S/C18H18FNO2/c1-22-17-5-3-2-4-15(17)8-11-18(21)20-13-12-14-6-9-16(19)10-7-14/h2-11H,12-13H2,1H3,(H,20,21). The largest absolute Gasteiger partial charge is 0.496 e. The van der Waals surface area contributed by atoms with E-state index in [1.165, 1.54) is 18.2 Å². The van der Waals surface area contributed by atoms with Gasteiger partial charge in [0.1, 0.15) is 11.6 Å². The van der Waals surface area contributed by atoms with Crippen LogP contribution in [0.25, 0.3) is 6.08 Å². The zero-order valence-corrected chi connectivity index (χ0v) is 12.4. The van der Waals surface area contributed by atoms with Crippen molar-refractivity contribution in [1.82, 2.24) is 5.32 Å². The highest BCUT2D eigenvalue weighted by molar-refractivity contribution is 5.92. The molecule has 0 bridgehead atoms. The number of carbonyl (C=O) groups is 1. The topological polar surface area (TPSA) is 38.3 Å². The summed E-state index contributed by atoms with van der Waals surface area (Å²) in [6, 6.07) is 13.7. The first-order valence-electron chi connectivity index (χ1n) is 7.02. The van der Waals surface area contributed by atoms with Gasteiger partial charge in [-0.15, -0.1) is 0 Å². The van der Waals surface area contributed by atoms with Crippen LogP contribution in [0.1, 0.15) is 11.1 Å². The number of hydrogen-bond acceptors (Lipinski definition) is 2. The smallest absolute Gasteiger partial charge is 0.244 e. The normalized spacial score (nSPS) is 10.6. The molecule has 0 radical (unpaired) electrons. The predicted octanol–water partition coefficient (Wildman–Crippen LogP) is 3.21. The highest BCUT2D eigenvalue weighted by Gasteiger charge is 2.00. The third kappa shape index (κ3) is 4.74. The quantitative estimate of drug-likeness (QED) is 0.832. The van der Waals surface area contributed by atoms with Gasteiger partial charge in [-0.25, -0.2) is 4.39 Å². The molecule has 3 nitrogen and oxygen atoms in total. The Hall–Kier alpha value is -2.62. The molecule has 0 unspecified atom stereocenters. The van der Waals surface area contributed by atoms with Gasteiger partial charge >= 0.3 is 0 Å². The van der Waals surface area contributed by atoms with Crippen molar-refractivity contribution < 1.29 is 13.9 Å². The van der Waals surface area contributed by atoms with Crippen LogP contribution in [-0.2, 0) is 11.2 Å². The molecule has 1 N–H and O–H groups in total. The van der Waals surface area contributed by atoms with E-state index in [0.29, 0.717) is 13.0 Å². The molecule has 2 aromatic carbocycles. The Bertz CT molecular complexity index is 650. The summed E-state index contributed by atoms with van der Waals surface area (Å²) in [4.78, 5) is 11.8. The van der Waals surface area contributed by atoms with E-state index in [4.69, 9.17) is 4.74 Å². The summed E-state index contributed by atoms with van der Waals surface area (Å²) in [6.07, 6.45) is 3.85. The summed E-state index contributed by atoms with van der Waals surface area (Å²) < 4.78 is 18.0. The molecule has 1 amide bonds. The molecule has 22 heavy (non-hydrogen) atoms. The van der Waals surface area contributed by atoms with Gasteiger partial charge in [0, 0.05) is 18.2 Å². The van der Waals surface area contributed by atoms with Crippen molar-refractivity contribution in [1.29, 1.82) is 0 Å². The van der Waals surface area contributed by atoms with Crippen LogP contribution >= 0.6 is 0 Å². The van der Waals surface area contributed by atoms with Crippen molar-refractivity contribution in [3.05, 3.63) is 71.6 Å². The zero-order chi connectivity index (χ0) is 15.8. The number of methoxy groups -OCH3 is 1. The van der Waals surface area contributed by atoms with Gasteiger partial charge in [0.25, 0.3) is 0 Å². The molecule has 0 aliphatic heterocycles. The maximum Gasteiger partial charge on any atom is 0.244 e. The van der Waals surface area contributed by atoms with Gasteiger partial charge in [0.15, 0.2) is 0 Å². The molecule has 2 rings (SSSR count). The Morgan fingerprint density at radius 2 is 1.91 bits per heavy atom. The van der Waals surface area contributed by atoms with E-state index in [-0.39, 0.29) is 11.7 Å². The summed E-state index contributed by atoms with van der Waals surface area (Å²) in [5.74, 6) is 0.290. The van der Waals surface area contributed by atoms with Crippen molar-refractivity contribution >= 4 is 12.0 Å². The summed E-state index contributed by atoms with van der Waals surface area (Å²) >= 11 is 0. The fourth-order valence-corrected chi connectivity index (χ4v) is 2.01. The number of ether oxygens (including phenoxy) is 1. The van der Waals surface area contributed by atoms with E-state index in [0.717, 1.165) is 16.9 Å². The van der Waals surface area contributed by atoms with Crippen LogP contribution in [0.2, 0.25) is 0 Å². The highest BCUT2D eigenvalue weighted by atomic mass is 19.1. The maximum atomic E-state index is 12.8. The molecule has 0 spiro atoms. The van der Waals surface area contributed by atoms with Crippen molar-refractivity contribution in [2.24, 2.45) is 0 Å². The second kappa shape index (κ2) is 7.98. The van der Waals surface area contributed by atoms with Gasteiger partial charge in [-0.3, -0.25) is 4.79 Å². The van der Waals surface area contributed by atoms with E-state index < -0.39 is 0 Å². The summed E-state index contributed by atoms with van der Waals surface area (Å²) in [5, 5.41) is 2.79. The van der Waals surface area contributed by atoms with Crippen LogP contribution in [0, 0.1) is 5.82 Å². The first-order chi connectivity index (χ1) is 10.7. The molecular formula is C18H18FNO2. The van der Waals surface area contributed by atoms with Crippen LogP contribution in [0.3, 0.4) is 0 Å². The fourth-order valence-electron chi connectivity index (χ4n) is 2.01. The first-order valence-corrected chi connectivity index (χ1v) is 7.02. The number of amides is 1. The third-order valence-electron chi connectivity index (χ3n) is 3.18. The van der Waals surface area contributed by atoms with E-state index in [1.54, 1.807) is 25.3 Å². The number of halogens is 1. The predicted molar refractivity (Wildman–Crippen MR) is 85.1 cm³/mol. The first kappa shape index (κ1) is 15.8. The number of para-hydroxylation sites is 1. The molecule has 0 fully saturated rings. The van der Waals surface area contributed by atoms with Crippen LogP contribution in [0.4, 0.5) is 4.39 Å². The molecule has 0 aromatic heterocycles. The van der Waals surface area contributed by atoms with Crippen LogP contribution < -0.4 is 10.1 Å². The Balaban J connectivity index is 1.82. The minimum absolute atomic E-state index is 0.173. The van der Waals surface area contributed by atoms with E-state index in [2.05, 4.69) is 5.32 Å². The minimum atomic E-state index is -0.257. The van der Waals surface area contributed by atoms with Gasteiger partial charge in [0.2, 0.25) is 5.91 Å². The third-order valence-corrected chi connectivity index (χ3v) is 3.18. The monoisotopic (exact) mass is 299 g/mol. The van der Waals surface area contributed by atoms with Crippen molar-refractivity contribution in [2.75, 3.05) is 13.7 Å². The number of carbonyl (C=O) groups excluding carboxylic acids is 1. The van der Waals surface area contributed by atoms with Crippen molar-refractivity contribution in [2.45, 2.75) is 6.42 Å². The molecule has 0 aliphatic rings. The molecule has 0 saturated heterocycles. The van der Waals surface area contributed by atoms with E-state index >= 15 is 0 Å². The number of hydrogen-bond donors (Lipinski definition) is 1. The summed E-state index contributed by atoms with van der Waals surface area (Å²) in [5.41, 5.74) is 1.83. The Morgan fingerprint density at radius 1 is 1.18 bits per heavy atom. The van der Waals surface area contributed by atoms with Crippen LogP contribution in [0.15, 0.2) is 54.6 Å². The SMILES string of the molecule is COc1ccccc1C=CC(=O)NCCc1ccc(F)cc1. The number of benzene rings is 2. The average molecular weight is 299 g/mol. The Kier molecular flexibility index (Phi) is 5.72. The fraction of sp³-hybridized carbons (Fsp3) is 0.167. The summed E-state index contributed by atoms with van der Waals surface area (Å²) in [6.45, 7) is 0.501. The van der Waals surface area contributed by atoms with Crippen LogP contribution in [-0.4, -0.2) is 19.6 Å². The van der Waals surface area contributed by atoms with Gasteiger partial charge in [-0.1, -0.05) is 30.3 Å². The lowest BCUT2D eigenvalue weighted by Gasteiger charge is -2.04. The van der Waals surface area contributed by atoms with E-state index in [9.17, 15) is 9.18 Å². The number of rotatable bonds is 6. The zero-order valence-electron chi connectivity index (χ0n) is 12.4. The minimum Gasteiger partial charge on any atom is -0.496 e. The second-order valence-corrected chi connectivity index (χ2v) is 4.74. The lowest BCUT2D eigenvalue weighted by Crippen LogP contribution is -2.23. The molecule has 0 atom stereocenters. The molecule has 114 valence electrons. The lowest BCUT2D eigenvalue weighted by molar-refractivity contribution is -0.116. The van der Waals surface area contributed by atoms with Crippen molar-refractivity contribution in [3.63, 3.8) is 0 Å². The van der Waals surface area contributed by atoms with Crippen molar-refractivity contribution in [3.8, 4) is 5.75 Å². The van der Waals surface area contributed by atoms with Gasteiger partial charge in [-0.05, 0) is 36.3 Å². The van der Waals surface area contributed by atoms with Gasteiger partial charge in [0.05, 0.1) is 7.11 Å². The lowest BCUT2D eigenvalue weighted by atomic mass is 10.1. The second-order valence-electron chi connectivity index (χ2n) is 4.74. The Labute approximate surface area is 129 Å². The molecule has 4 heteroatoms. The molecular weight excluding hydrogens is 281 g/mol. The molecule has 0 heterocycles. The average Bonchev–Trinajstić information content (AvgIpc) is 2.55. The highest BCUT2D eigenvalue weighted by Crippen LogP contribution is 2.18. The molecule has 0 saturated carbocycles. The van der Waals surface area contributed by atoms with Crippen LogP contribution in [0.5, 0.6) is 5.75 Å². The van der Waals surface area contributed by atoms with Gasteiger partial charge < -0.3 is 10.1 Å². The van der Waals surface area contributed by atoms with E-state index in [1.807, 2.05) is 24.3 Å². The molecule has 2 aromatic rings. The maximum absolute atomic E-state index is 12.8. The summed E-state index contributed by atoms with van der Waals surface area (Å²) in [7, 11) is 1.59.